The second kappa shape index (κ2) is 7.13. The summed E-state index contributed by atoms with van der Waals surface area (Å²) in [5.74, 6) is -0.0662. The molecule has 0 aliphatic heterocycles. The average Bonchev–Trinajstić information content (AvgIpc) is 2.65. The van der Waals surface area contributed by atoms with E-state index in [0.717, 1.165) is 29.1 Å². The van der Waals surface area contributed by atoms with Gasteiger partial charge in [-0.05, 0) is 38.0 Å². The van der Waals surface area contributed by atoms with E-state index in [-0.39, 0.29) is 18.3 Å². The van der Waals surface area contributed by atoms with Crippen LogP contribution in [0.1, 0.15) is 27.3 Å². The molecule has 0 bridgehead atoms. The molecule has 1 aromatic heterocycles. The van der Waals surface area contributed by atoms with Gasteiger partial charge in [0.15, 0.2) is 0 Å². The van der Waals surface area contributed by atoms with E-state index >= 15 is 0 Å². The zero-order valence-electron chi connectivity index (χ0n) is 12.5. The van der Waals surface area contributed by atoms with Crippen molar-refractivity contribution in [3.05, 3.63) is 46.8 Å². The third kappa shape index (κ3) is 3.98. The van der Waals surface area contributed by atoms with Crippen LogP contribution in [0.15, 0.2) is 24.3 Å². The third-order valence-electron chi connectivity index (χ3n) is 3.42. The van der Waals surface area contributed by atoms with Crippen molar-refractivity contribution in [2.24, 2.45) is 7.05 Å². The van der Waals surface area contributed by atoms with E-state index < -0.39 is 0 Å². The van der Waals surface area contributed by atoms with E-state index in [1.54, 1.807) is 4.68 Å². The molecule has 21 heavy (non-hydrogen) atoms. The lowest BCUT2D eigenvalue weighted by molar-refractivity contribution is 0.0953. The topological polar surface area (TPSA) is 72.9 Å². The minimum Gasteiger partial charge on any atom is -0.399 e. The molecule has 0 spiro atoms. The van der Waals surface area contributed by atoms with Crippen LogP contribution in [0, 0.1) is 13.8 Å². The molecule has 0 saturated heterocycles. The smallest absolute Gasteiger partial charge is 0.255 e. The van der Waals surface area contributed by atoms with Crippen LogP contribution in [0.3, 0.4) is 0 Å². The van der Waals surface area contributed by atoms with Gasteiger partial charge in [0.1, 0.15) is 0 Å². The van der Waals surface area contributed by atoms with Crippen molar-refractivity contribution in [3.63, 3.8) is 0 Å². The highest BCUT2D eigenvalue weighted by atomic mass is 35.5. The molecule has 0 atom stereocenters. The van der Waals surface area contributed by atoms with Crippen molar-refractivity contribution in [1.29, 1.82) is 0 Å². The first-order valence-electron chi connectivity index (χ1n) is 6.62. The number of nitrogens with zero attached hydrogens (tertiary/aromatic N) is 2. The second-order valence-electron chi connectivity index (χ2n) is 4.92. The van der Waals surface area contributed by atoms with Crippen molar-refractivity contribution in [2.75, 3.05) is 12.3 Å². The molecular formula is C15H21ClN4O. The Morgan fingerprint density at radius 3 is 2.43 bits per heavy atom. The number of hydrogen-bond acceptors (Lipinski definition) is 3. The Labute approximate surface area is 130 Å². The number of hydrogen-bond donors (Lipinski definition) is 2. The molecule has 1 amide bonds. The fraction of sp³-hybridized carbons (Fsp3) is 0.333. The number of rotatable bonds is 4. The van der Waals surface area contributed by atoms with Crippen molar-refractivity contribution in [3.8, 4) is 0 Å². The van der Waals surface area contributed by atoms with E-state index in [1.807, 2.05) is 45.2 Å². The Morgan fingerprint density at radius 2 is 1.90 bits per heavy atom. The van der Waals surface area contributed by atoms with Crippen LogP contribution in [0.5, 0.6) is 0 Å². The molecule has 1 aromatic carbocycles. The zero-order valence-corrected chi connectivity index (χ0v) is 13.3. The highest BCUT2D eigenvalue weighted by Gasteiger charge is 2.16. The highest BCUT2D eigenvalue weighted by molar-refractivity contribution is 5.96. The monoisotopic (exact) mass is 308 g/mol. The first-order chi connectivity index (χ1) is 9.49. The van der Waals surface area contributed by atoms with Gasteiger partial charge >= 0.3 is 0 Å². The average molecular weight is 309 g/mol. The summed E-state index contributed by atoms with van der Waals surface area (Å²) in [6.45, 7) is 4.34. The van der Waals surface area contributed by atoms with Gasteiger partial charge in [-0.2, -0.15) is 5.10 Å². The highest BCUT2D eigenvalue weighted by Crippen LogP contribution is 2.11. The summed E-state index contributed by atoms with van der Waals surface area (Å²) in [7, 11) is 1.84. The molecule has 1 heterocycles. The first kappa shape index (κ1) is 17.0. The molecule has 0 unspecified atom stereocenters. The first-order valence-corrected chi connectivity index (χ1v) is 6.62. The number of nitrogens with one attached hydrogen (secondary N) is 1. The van der Waals surface area contributed by atoms with Gasteiger partial charge in [0.2, 0.25) is 0 Å². The van der Waals surface area contributed by atoms with E-state index in [2.05, 4.69) is 10.4 Å². The molecule has 0 fully saturated rings. The van der Waals surface area contributed by atoms with E-state index in [9.17, 15) is 4.79 Å². The summed E-state index contributed by atoms with van der Waals surface area (Å²) < 4.78 is 1.73. The van der Waals surface area contributed by atoms with Crippen LogP contribution in [0.25, 0.3) is 0 Å². The molecule has 5 nitrogen and oxygen atoms in total. The number of nitrogens with two attached hydrogens (primary N) is 1. The second-order valence-corrected chi connectivity index (χ2v) is 4.92. The fourth-order valence-corrected chi connectivity index (χ4v) is 2.20. The molecular weight excluding hydrogens is 288 g/mol. The number of anilines is 1. The fourth-order valence-electron chi connectivity index (χ4n) is 2.20. The van der Waals surface area contributed by atoms with Gasteiger partial charge in [-0.25, -0.2) is 0 Å². The molecule has 114 valence electrons. The lowest BCUT2D eigenvalue weighted by Crippen LogP contribution is -2.26. The maximum absolute atomic E-state index is 12.2. The van der Waals surface area contributed by atoms with Gasteiger partial charge in [0.05, 0.1) is 11.3 Å². The summed E-state index contributed by atoms with van der Waals surface area (Å²) in [5.41, 5.74) is 9.85. The van der Waals surface area contributed by atoms with E-state index in [4.69, 9.17) is 5.73 Å². The van der Waals surface area contributed by atoms with Gasteiger partial charge in [-0.1, -0.05) is 12.1 Å². The van der Waals surface area contributed by atoms with Crippen LogP contribution < -0.4 is 11.1 Å². The number of aryl methyl sites for hydroxylation is 2. The molecule has 2 rings (SSSR count). The third-order valence-corrected chi connectivity index (χ3v) is 3.42. The Morgan fingerprint density at radius 1 is 1.29 bits per heavy atom. The molecule has 0 aliphatic carbocycles. The Bertz CT molecular complexity index is 619. The quantitative estimate of drug-likeness (QED) is 0.849. The van der Waals surface area contributed by atoms with E-state index in [0.29, 0.717) is 12.1 Å². The molecule has 3 N–H and O–H groups in total. The predicted octanol–water partition coefficient (Wildman–Crippen LogP) is 2.01. The lowest BCUT2D eigenvalue weighted by atomic mass is 10.1. The number of benzene rings is 1. The van der Waals surface area contributed by atoms with E-state index in [1.165, 1.54) is 0 Å². The summed E-state index contributed by atoms with van der Waals surface area (Å²) in [5, 5.41) is 7.18. The standard InChI is InChI=1S/C15H20N4O.ClH/c1-10-14(11(2)19(3)18-10)15(20)17-9-8-12-4-6-13(16)7-5-12;/h4-7H,8-9,16H2,1-3H3,(H,17,20);1H. The van der Waals surface area contributed by atoms with Crippen LogP contribution in [0.4, 0.5) is 5.69 Å². The Balaban J connectivity index is 0.00000220. The zero-order chi connectivity index (χ0) is 14.7. The molecule has 6 heteroatoms. The van der Waals surface area contributed by atoms with Crippen LogP contribution in [-0.2, 0) is 13.5 Å². The largest absolute Gasteiger partial charge is 0.399 e. The summed E-state index contributed by atoms with van der Waals surface area (Å²) in [4.78, 5) is 12.2. The summed E-state index contributed by atoms with van der Waals surface area (Å²) >= 11 is 0. The van der Waals surface area contributed by atoms with Crippen LogP contribution in [0.2, 0.25) is 0 Å². The maximum Gasteiger partial charge on any atom is 0.255 e. The molecule has 0 radical (unpaired) electrons. The lowest BCUT2D eigenvalue weighted by Gasteiger charge is -2.06. The summed E-state index contributed by atoms with van der Waals surface area (Å²) in [6, 6.07) is 7.68. The number of aromatic nitrogens is 2. The van der Waals surface area contributed by atoms with Crippen LogP contribution >= 0.6 is 12.4 Å². The van der Waals surface area contributed by atoms with Crippen molar-refractivity contribution < 1.29 is 4.79 Å². The van der Waals surface area contributed by atoms with Crippen LogP contribution in [-0.4, -0.2) is 22.2 Å². The van der Waals surface area contributed by atoms with Gasteiger partial charge in [-0.15, -0.1) is 12.4 Å². The molecule has 0 saturated carbocycles. The molecule has 2 aromatic rings. The summed E-state index contributed by atoms with van der Waals surface area (Å²) in [6.07, 6.45) is 0.782. The predicted molar refractivity (Wildman–Crippen MR) is 86.8 cm³/mol. The van der Waals surface area contributed by atoms with Gasteiger partial charge in [0.25, 0.3) is 5.91 Å². The normalized spacial score (nSPS) is 10.0. The Hall–Kier alpha value is -2.01. The van der Waals surface area contributed by atoms with Gasteiger partial charge in [-0.3, -0.25) is 9.48 Å². The molecule has 0 aliphatic rings. The number of carbonyl (C=O) groups excluding carboxylic acids is 1. The number of nitrogen functional groups attached to an aromatic ring is 1. The number of amides is 1. The SMILES string of the molecule is Cc1nn(C)c(C)c1C(=O)NCCc1ccc(N)cc1.Cl. The Kier molecular flexibility index (Phi) is 5.79. The van der Waals surface area contributed by atoms with Crippen molar-refractivity contribution in [1.82, 2.24) is 15.1 Å². The van der Waals surface area contributed by atoms with Gasteiger partial charge < -0.3 is 11.1 Å². The van der Waals surface area contributed by atoms with Gasteiger partial charge in [0, 0.05) is 25.0 Å². The minimum absolute atomic E-state index is 0. The minimum atomic E-state index is -0.0662. The number of halogens is 1. The van der Waals surface area contributed by atoms with Crippen molar-refractivity contribution >= 4 is 24.0 Å². The maximum atomic E-state index is 12.2. The number of carbonyl (C=O) groups is 1. The van der Waals surface area contributed by atoms with Crippen molar-refractivity contribution in [2.45, 2.75) is 20.3 Å².